The van der Waals surface area contributed by atoms with Crippen molar-refractivity contribution in [1.82, 2.24) is 10.9 Å². The van der Waals surface area contributed by atoms with Gasteiger partial charge in [-0.05, 0) is 51.7 Å². The third-order valence-electron chi connectivity index (χ3n) is 4.44. The lowest BCUT2D eigenvalue weighted by atomic mass is 10.0. The first-order chi connectivity index (χ1) is 13.1. The van der Waals surface area contributed by atoms with Gasteiger partial charge in [0.15, 0.2) is 11.5 Å². The van der Waals surface area contributed by atoms with Crippen molar-refractivity contribution in [2.45, 2.75) is 52.9 Å². The minimum Gasteiger partial charge on any atom is -0.490 e. The normalized spacial score (nSPS) is 13.9. The highest BCUT2D eigenvalue weighted by molar-refractivity contribution is 5.96. The summed E-state index contributed by atoms with van der Waals surface area (Å²) in [6.45, 7) is 6.87. The van der Waals surface area contributed by atoms with Crippen LogP contribution in [-0.2, 0) is 4.79 Å². The van der Waals surface area contributed by atoms with Crippen LogP contribution in [0.5, 0.6) is 17.2 Å². The monoisotopic (exact) mass is 378 g/mol. The Morgan fingerprint density at radius 2 is 1.48 bits per heavy atom. The number of hydrogen-bond acceptors (Lipinski definition) is 5. The van der Waals surface area contributed by atoms with Crippen molar-refractivity contribution in [3.05, 3.63) is 17.7 Å². The van der Waals surface area contributed by atoms with Gasteiger partial charge in [0, 0.05) is 12.0 Å². The SMILES string of the molecule is CCOc1cc(C(=O)NNC(=O)CC2CCCC2)cc(OCC)c1OCC. The number of nitrogens with one attached hydrogen (secondary N) is 2. The Labute approximate surface area is 160 Å². The van der Waals surface area contributed by atoms with Crippen molar-refractivity contribution in [1.29, 1.82) is 0 Å². The van der Waals surface area contributed by atoms with Crippen LogP contribution in [0.3, 0.4) is 0 Å². The molecule has 1 aromatic rings. The van der Waals surface area contributed by atoms with Crippen LogP contribution in [-0.4, -0.2) is 31.6 Å². The van der Waals surface area contributed by atoms with Crippen LogP contribution in [0.15, 0.2) is 12.1 Å². The molecule has 0 atom stereocenters. The highest BCUT2D eigenvalue weighted by Crippen LogP contribution is 2.39. The zero-order valence-corrected chi connectivity index (χ0v) is 16.4. The second kappa shape index (κ2) is 10.6. The van der Waals surface area contributed by atoms with E-state index in [0.717, 1.165) is 12.8 Å². The summed E-state index contributed by atoms with van der Waals surface area (Å²) in [5, 5.41) is 0. The van der Waals surface area contributed by atoms with Gasteiger partial charge in [-0.25, -0.2) is 0 Å². The maximum atomic E-state index is 12.5. The maximum absolute atomic E-state index is 12.5. The Morgan fingerprint density at radius 3 is 2.00 bits per heavy atom. The maximum Gasteiger partial charge on any atom is 0.269 e. The van der Waals surface area contributed by atoms with Crippen LogP contribution in [0.1, 0.15) is 63.2 Å². The molecule has 0 aromatic heterocycles. The van der Waals surface area contributed by atoms with Crippen molar-refractivity contribution in [3.63, 3.8) is 0 Å². The summed E-state index contributed by atoms with van der Waals surface area (Å²) >= 11 is 0. The summed E-state index contributed by atoms with van der Waals surface area (Å²) in [7, 11) is 0. The molecule has 0 bridgehead atoms. The van der Waals surface area contributed by atoms with Crippen molar-refractivity contribution < 1.29 is 23.8 Å². The van der Waals surface area contributed by atoms with Crippen molar-refractivity contribution in [3.8, 4) is 17.2 Å². The van der Waals surface area contributed by atoms with E-state index in [2.05, 4.69) is 10.9 Å². The van der Waals surface area contributed by atoms with E-state index in [4.69, 9.17) is 14.2 Å². The Hall–Kier alpha value is -2.44. The fraction of sp³-hybridized carbons (Fsp3) is 0.600. The van der Waals surface area contributed by atoms with Gasteiger partial charge in [-0.15, -0.1) is 0 Å². The molecule has 27 heavy (non-hydrogen) atoms. The van der Waals surface area contributed by atoms with Crippen LogP contribution < -0.4 is 25.1 Å². The highest BCUT2D eigenvalue weighted by atomic mass is 16.5. The van der Waals surface area contributed by atoms with Gasteiger partial charge in [0.05, 0.1) is 19.8 Å². The molecule has 1 fully saturated rings. The van der Waals surface area contributed by atoms with Crippen LogP contribution in [0, 0.1) is 5.92 Å². The largest absolute Gasteiger partial charge is 0.490 e. The first kappa shape index (κ1) is 20.9. The second-order valence-corrected chi connectivity index (χ2v) is 6.46. The third-order valence-corrected chi connectivity index (χ3v) is 4.44. The van der Waals surface area contributed by atoms with Crippen LogP contribution in [0.25, 0.3) is 0 Å². The zero-order valence-electron chi connectivity index (χ0n) is 16.4. The molecule has 0 radical (unpaired) electrons. The predicted octanol–water partition coefficient (Wildman–Crippen LogP) is 3.22. The fourth-order valence-electron chi connectivity index (χ4n) is 3.25. The molecule has 2 N–H and O–H groups in total. The van der Waals surface area contributed by atoms with E-state index in [9.17, 15) is 9.59 Å². The number of ether oxygens (including phenoxy) is 3. The van der Waals surface area contributed by atoms with E-state index in [-0.39, 0.29) is 5.91 Å². The highest BCUT2D eigenvalue weighted by Gasteiger charge is 2.20. The molecule has 0 heterocycles. The average Bonchev–Trinajstić information content (AvgIpc) is 3.15. The number of hydrogen-bond donors (Lipinski definition) is 2. The van der Waals surface area contributed by atoms with Crippen LogP contribution in [0.4, 0.5) is 0 Å². The molecule has 1 aliphatic carbocycles. The van der Waals surface area contributed by atoms with E-state index >= 15 is 0 Å². The minimum atomic E-state index is -0.431. The van der Waals surface area contributed by atoms with Crippen molar-refractivity contribution >= 4 is 11.8 Å². The van der Waals surface area contributed by atoms with Gasteiger partial charge < -0.3 is 14.2 Å². The molecule has 1 aliphatic rings. The number of carbonyl (C=O) groups excluding carboxylic acids is 2. The van der Waals surface area contributed by atoms with Gasteiger partial charge >= 0.3 is 0 Å². The van der Waals surface area contributed by atoms with E-state index in [1.165, 1.54) is 12.8 Å². The minimum absolute atomic E-state index is 0.170. The first-order valence-corrected chi connectivity index (χ1v) is 9.74. The number of carbonyl (C=O) groups is 2. The molecule has 2 rings (SSSR count). The predicted molar refractivity (Wildman–Crippen MR) is 102 cm³/mol. The summed E-state index contributed by atoms with van der Waals surface area (Å²) in [6.07, 6.45) is 4.96. The summed E-state index contributed by atoms with van der Waals surface area (Å²) in [6, 6.07) is 3.19. The van der Waals surface area contributed by atoms with Gasteiger partial charge in [-0.1, -0.05) is 12.8 Å². The van der Waals surface area contributed by atoms with Crippen LogP contribution >= 0.6 is 0 Å². The van der Waals surface area contributed by atoms with Crippen molar-refractivity contribution in [2.24, 2.45) is 5.92 Å². The third kappa shape index (κ3) is 6.05. The molecule has 0 spiro atoms. The summed E-state index contributed by atoms with van der Waals surface area (Å²) in [4.78, 5) is 24.5. The van der Waals surface area contributed by atoms with E-state index in [0.29, 0.717) is 55.0 Å². The quantitative estimate of drug-likeness (QED) is 0.645. The molecule has 150 valence electrons. The summed E-state index contributed by atoms with van der Waals surface area (Å²) in [5.41, 5.74) is 5.30. The molecule has 0 unspecified atom stereocenters. The fourth-order valence-corrected chi connectivity index (χ4v) is 3.25. The van der Waals surface area contributed by atoms with E-state index in [1.54, 1.807) is 12.1 Å². The Bertz CT molecular complexity index is 614. The molecule has 1 saturated carbocycles. The molecule has 2 amide bonds. The van der Waals surface area contributed by atoms with Gasteiger partial charge in [-0.2, -0.15) is 0 Å². The lowest BCUT2D eigenvalue weighted by Crippen LogP contribution is -2.42. The summed E-state index contributed by atoms with van der Waals surface area (Å²) < 4.78 is 16.8. The van der Waals surface area contributed by atoms with Gasteiger partial charge in [-0.3, -0.25) is 20.4 Å². The molecule has 7 heteroatoms. The number of rotatable bonds is 9. The second-order valence-electron chi connectivity index (χ2n) is 6.46. The molecular formula is C20H30N2O5. The molecule has 0 saturated heterocycles. The summed E-state index contributed by atoms with van der Waals surface area (Å²) in [5.74, 6) is 1.17. The number of benzene rings is 1. The number of hydrazine groups is 1. The lowest BCUT2D eigenvalue weighted by molar-refractivity contribution is -0.122. The molecule has 7 nitrogen and oxygen atoms in total. The molecular weight excluding hydrogens is 348 g/mol. The van der Waals surface area contributed by atoms with Crippen LogP contribution in [0.2, 0.25) is 0 Å². The molecule has 0 aliphatic heterocycles. The Morgan fingerprint density at radius 1 is 0.926 bits per heavy atom. The van der Waals surface area contributed by atoms with Crippen molar-refractivity contribution in [2.75, 3.05) is 19.8 Å². The van der Waals surface area contributed by atoms with E-state index in [1.807, 2.05) is 20.8 Å². The standard InChI is InChI=1S/C20H30N2O5/c1-4-25-16-12-15(13-17(26-5-2)19(16)27-6-3)20(24)22-21-18(23)11-14-9-7-8-10-14/h12-14H,4-11H2,1-3H3,(H,21,23)(H,22,24). The Kier molecular flexibility index (Phi) is 8.23. The lowest BCUT2D eigenvalue weighted by Gasteiger charge is -2.17. The van der Waals surface area contributed by atoms with Gasteiger partial charge in [0.1, 0.15) is 0 Å². The van der Waals surface area contributed by atoms with E-state index < -0.39 is 5.91 Å². The number of amides is 2. The Balaban J connectivity index is 2.07. The topological polar surface area (TPSA) is 85.9 Å². The van der Waals surface area contributed by atoms with Gasteiger partial charge in [0.25, 0.3) is 5.91 Å². The smallest absolute Gasteiger partial charge is 0.269 e. The van der Waals surface area contributed by atoms with Gasteiger partial charge in [0.2, 0.25) is 11.7 Å². The first-order valence-electron chi connectivity index (χ1n) is 9.74. The zero-order chi connectivity index (χ0) is 19.6. The molecule has 1 aromatic carbocycles. The average molecular weight is 378 g/mol.